The van der Waals surface area contributed by atoms with Crippen LogP contribution in [0.2, 0.25) is 0 Å². The van der Waals surface area contributed by atoms with Gasteiger partial charge in [-0.15, -0.1) is 0 Å². The molecule has 21 heavy (non-hydrogen) atoms. The zero-order chi connectivity index (χ0) is 16.0. The molecule has 0 aliphatic rings. The van der Waals surface area contributed by atoms with Gasteiger partial charge in [0.1, 0.15) is 0 Å². The van der Waals surface area contributed by atoms with Gasteiger partial charge < -0.3 is 14.6 Å². The Morgan fingerprint density at radius 2 is 1.90 bits per heavy atom. The van der Waals surface area contributed by atoms with Crippen LogP contribution in [0.3, 0.4) is 0 Å². The topological polar surface area (TPSA) is 41.9 Å². The first kappa shape index (κ1) is 17.7. The van der Waals surface area contributed by atoms with Crippen LogP contribution in [0.1, 0.15) is 26.3 Å². The van der Waals surface area contributed by atoms with Crippen molar-refractivity contribution in [1.82, 2.24) is 4.90 Å². The monoisotopic (exact) mass is 303 g/mol. The number of ether oxygens (including phenoxy) is 2. The van der Waals surface area contributed by atoms with E-state index >= 15 is 0 Å². The van der Waals surface area contributed by atoms with Gasteiger partial charge in [0.15, 0.2) is 11.5 Å². The molecule has 0 aromatic heterocycles. The highest BCUT2D eigenvalue weighted by Gasteiger charge is 2.19. The van der Waals surface area contributed by atoms with Gasteiger partial charge in [-0.25, -0.2) is 0 Å². The smallest absolute Gasteiger partial charge is 0.387 e. The summed E-state index contributed by atoms with van der Waals surface area (Å²) in [5.41, 5.74) is 0.601. The molecule has 1 unspecified atom stereocenters. The van der Waals surface area contributed by atoms with Crippen molar-refractivity contribution < 1.29 is 23.4 Å². The molecule has 0 heterocycles. The molecule has 0 amide bonds. The number of rotatable bonds is 8. The van der Waals surface area contributed by atoms with E-state index in [1.165, 1.54) is 7.11 Å². The van der Waals surface area contributed by atoms with E-state index in [0.717, 1.165) is 0 Å². The minimum Gasteiger partial charge on any atom is -0.493 e. The van der Waals surface area contributed by atoms with E-state index in [9.17, 15) is 13.9 Å². The van der Waals surface area contributed by atoms with Crippen LogP contribution in [0.5, 0.6) is 11.5 Å². The number of alkyl halides is 2. The average molecular weight is 303 g/mol. The second kappa shape index (κ2) is 8.14. The van der Waals surface area contributed by atoms with Crippen LogP contribution in [0.4, 0.5) is 8.78 Å². The molecule has 0 radical (unpaired) electrons. The fourth-order valence-corrected chi connectivity index (χ4v) is 2.09. The summed E-state index contributed by atoms with van der Waals surface area (Å²) in [6.45, 7) is 3.58. The Hall–Kier alpha value is -1.40. The third-order valence-corrected chi connectivity index (χ3v) is 3.09. The Morgan fingerprint density at radius 3 is 2.38 bits per heavy atom. The van der Waals surface area contributed by atoms with E-state index < -0.39 is 12.7 Å². The zero-order valence-electron chi connectivity index (χ0n) is 12.8. The van der Waals surface area contributed by atoms with E-state index in [0.29, 0.717) is 18.7 Å². The van der Waals surface area contributed by atoms with Crippen LogP contribution in [0, 0.1) is 0 Å². The summed E-state index contributed by atoms with van der Waals surface area (Å²) in [4.78, 5) is 1.98. The molecule has 0 fully saturated rings. The fourth-order valence-electron chi connectivity index (χ4n) is 2.09. The molecule has 6 heteroatoms. The predicted octanol–water partition coefficient (Wildman–Crippen LogP) is 2.89. The van der Waals surface area contributed by atoms with Crippen molar-refractivity contribution in [3.8, 4) is 11.5 Å². The van der Waals surface area contributed by atoms with E-state index in [-0.39, 0.29) is 17.5 Å². The minimum atomic E-state index is -2.91. The van der Waals surface area contributed by atoms with Gasteiger partial charge in [-0.3, -0.25) is 4.90 Å². The Morgan fingerprint density at radius 1 is 1.24 bits per heavy atom. The van der Waals surface area contributed by atoms with Crippen molar-refractivity contribution in [3.63, 3.8) is 0 Å². The first-order chi connectivity index (χ1) is 9.85. The van der Waals surface area contributed by atoms with Crippen molar-refractivity contribution in [2.45, 2.75) is 46.1 Å². The lowest BCUT2D eigenvalue weighted by Gasteiger charge is -2.28. The van der Waals surface area contributed by atoms with Crippen molar-refractivity contribution in [2.75, 3.05) is 13.7 Å². The normalized spacial score (nSPS) is 13.0. The molecular formula is C15H23F2NO3. The number of aliphatic hydroxyl groups excluding tert-OH is 1. The molecule has 4 nitrogen and oxygen atoms in total. The molecule has 1 N–H and O–H groups in total. The summed E-state index contributed by atoms with van der Waals surface area (Å²) in [5.74, 6) is 0.319. The maximum absolute atomic E-state index is 12.6. The molecule has 1 atom stereocenters. The van der Waals surface area contributed by atoms with Gasteiger partial charge in [0.25, 0.3) is 0 Å². The standard InChI is InChI=1S/C15H23F2NO3/c1-10(2)18(8-11(3)19)9-12-6-5-7-13(20-4)14(12)21-15(16)17/h5-7,10-11,15,19H,8-9H2,1-4H3. The highest BCUT2D eigenvalue weighted by atomic mass is 19.3. The van der Waals surface area contributed by atoms with Gasteiger partial charge in [0.2, 0.25) is 0 Å². The van der Waals surface area contributed by atoms with Crippen molar-refractivity contribution >= 4 is 0 Å². The van der Waals surface area contributed by atoms with E-state index in [1.807, 2.05) is 18.7 Å². The SMILES string of the molecule is COc1cccc(CN(CC(C)O)C(C)C)c1OC(F)F. The largest absolute Gasteiger partial charge is 0.493 e. The maximum atomic E-state index is 12.6. The molecule has 1 rings (SSSR count). The first-order valence-electron chi connectivity index (χ1n) is 6.88. The summed E-state index contributed by atoms with van der Waals surface area (Å²) in [6, 6.07) is 5.19. The third kappa shape index (κ3) is 5.47. The Balaban J connectivity index is 3.04. The Bertz CT molecular complexity index is 439. The van der Waals surface area contributed by atoms with Crippen molar-refractivity contribution in [3.05, 3.63) is 23.8 Å². The quantitative estimate of drug-likeness (QED) is 0.802. The maximum Gasteiger partial charge on any atom is 0.387 e. The molecule has 0 spiro atoms. The number of hydrogen-bond donors (Lipinski definition) is 1. The lowest BCUT2D eigenvalue weighted by atomic mass is 10.1. The predicted molar refractivity (Wildman–Crippen MR) is 76.9 cm³/mol. The van der Waals surface area contributed by atoms with Gasteiger partial charge in [0, 0.05) is 24.7 Å². The van der Waals surface area contributed by atoms with Crippen LogP contribution in [0.25, 0.3) is 0 Å². The molecule has 1 aromatic rings. The highest BCUT2D eigenvalue weighted by molar-refractivity contribution is 5.46. The summed E-state index contributed by atoms with van der Waals surface area (Å²) >= 11 is 0. The van der Waals surface area contributed by atoms with Gasteiger partial charge in [-0.2, -0.15) is 8.78 Å². The van der Waals surface area contributed by atoms with Gasteiger partial charge >= 0.3 is 6.61 Å². The molecule has 0 saturated heterocycles. The lowest BCUT2D eigenvalue weighted by molar-refractivity contribution is -0.0523. The van der Waals surface area contributed by atoms with E-state index in [4.69, 9.17) is 4.74 Å². The second-order valence-electron chi connectivity index (χ2n) is 5.20. The van der Waals surface area contributed by atoms with Crippen molar-refractivity contribution in [2.24, 2.45) is 0 Å². The number of benzene rings is 1. The van der Waals surface area contributed by atoms with Gasteiger partial charge in [-0.05, 0) is 26.8 Å². The minimum absolute atomic E-state index is 0.0474. The third-order valence-electron chi connectivity index (χ3n) is 3.09. The fraction of sp³-hybridized carbons (Fsp3) is 0.600. The number of halogens is 2. The molecule has 0 bridgehead atoms. The molecule has 0 aliphatic carbocycles. The number of nitrogens with zero attached hydrogens (tertiary/aromatic N) is 1. The summed E-state index contributed by atoms with van der Waals surface area (Å²) in [6.07, 6.45) is -0.502. The van der Waals surface area contributed by atoms with Crippen LogP contribution < -0.4 is 9.47 Å². The second-order valence-corrected chi connectivity index (χ2v) is 5.20. The summed E-state index contributed by atoms with van der Waals surface area (Å²) in [7, 11) is 1.41. The van der Waals surface area contributed by atoms with E-state index in [2.05, 4.69) is 4.74 Å². The summed E-state index contributed by atoms with van der Waals surface area (Å²) < 4.78 is 34.9. The Kier molecular flexibility index (Phi) is 6.84. The van der Waals surface area contributed by atoms with Gasteiger partial charge in [-0.1, -0.05) is 12.1 Å². The van der Waals surface area contributed by atoms with Crippen LogP contribution in [-0.4, -0.2) is 42.4 Å². The first-order valence-corrected chi connectivity index (χ1v) is 6.88. The van der Waals surface area contributed by atoms with E-state index in [1.54, 1.807) is 25.1 Å². The van der Waals surface area contributed by atoms with Crippen LogP contribution in [0.15, 0.2) is 18.2 Å². The number of hydrogen-bond acceptors (Lipinski definition) is 4. The number of methoxy groups -OCH3 is 1. The molecule has 0 saturated carbocycles. The number of aliphatic hydroxyl groups is 1. The highest BCUT2D eigenvalue weighted by Crippen LogP contribution is 2.33. The molecule has 0 aliphatic heterocycles. The lowest BCUT2D eigenvalue weighted by Crippen LogP contribution is -2.36. The Labute approximate surface area is 124 Å². The average Bonchev–Trinajstić information content (AvgIpc) is 2.38. The van der Waals surface area contributed by atoms with Gasteiger partial charge in [0.05, 0.1) is 13.2 Å². The molecule has 1 aromatic carbocycles. The number of para-hydroxylation sites is 1. The van der Waals surface area contributed by atoms with Crippen molar-refractivity contribution in [1.29, 1.82) is 0 Å². The van der Waals surface area contributed by atoms with Crippen LogP contribution >= 0.6 is 0 Å². The molecular weight excluding hydrogens is 280 g/mol. The molecule has 120 valence electrons. The van der Waals surface area contributed by atoms with Crippen LogP contribution in [-0.2, 0) is 6.54 Å². The zero-order valence-corrected chi connectivity index (χ0v) is 12.8. The summed E-state index contributed by atoms with van der Waals surface area (Å²) in [5, 5.41) is 9.55.